The summed E-state index contributed by atoms with van der Waals surface area (Å²) in [5.41, 5.74) is 0. The summed E-state index contributed by atoms with van der Waals surface area (Å²) < 4.78 is 5.02. The van der Waals surface area contributed by atoms with Crippen LogP contribution >= 0.6 is 0 Å². The predicted molar refractivity (Wildman–Crippen MR) is 49.9 cm³/mol. The van der Waals surface area contributed by atoms with Crippen LogP contribution in [0.25, 0.3) is 0 Å². The fraction of sp³-hybridized carbons (Fsp3) is 0.900. The second-order valence-corrected chi connectivity index (χ2v) is 3.29. The molecule has 0 aromatic rings. The number of ether oxygens (including phenoxy) is 1. The minimum atomic E-state index is -0.0437. The molecular formula is C10H20O2. The van der Waals surface area contributed by atoms with Crippen molar-refractivity contribution >= 4 is 5.97 Å². The zero-order valence-corrected chi connectivity index (χ0v) is 8.43. The van der Waals surface area contributed by atoms with Gasteiger partial charge >= 0.3 is 5.97 Å². The van der Waals surface area contributed by atoms with Gasteiger partial charge in [0.1, 0.15) is 0 Å². The highest BCUT2D eigenvalue weighted by atomic mass is 16.5. The summed E-state index contributed by atoms with van der Waals surface area (Å²) >= 11 is 0. The Morgan fingerprint density at radius 3 is 2.58 bits per heavy atom. The van der Waals surface area contributed by atoms with Gasteiger partial charge in [0.15, 0.2) is 0 Å². The molecule has 2 nitrogen and oxygen atoms in total. The van der Waals surface area contributed by atoms with Crippen molar-refractivity contribution in [1.29, 1.82) is 0 Å². The minimum absolute atomic E-state index is 0.0437. The molecule has 1 atom stereocenters. The van der Waals surface area contributed by atoms with E-state index in [1.807, 2.05) is 0 Å². The van der Waals surface area contributed by atoms with Crippen LogP contribution < -0.4 is 0 Å². The summed E-state index contributed by atoms with van der Waals surface area (Å²) in [5, 5.41) is 0. The first-order valence-corrected chi connectivity index (χ1v) is 4.86. The molecule has 72 valence electrons. The topological polar surface area (TPSA) is 26.3 Å². The van der Waals surface area contributed by atoms with Gasteiger partial charge in [-0.05, 0) is 12.3 Å². The van der Waals surface area contributed by atoms with E-state index in [-0.39, 0.29) is 5.97 Å². The van der Waals surface area contributed by atoms with E-state index in [1.54, 1.807) is 0 Å². The van der Waals surface area contributed by atoms with Gasteiger partial charge in [-0.2, -0.15) is 0 Å². The van der Waals surface area contributed by atoms with E-state index in [1.165, 1.54) is 0 Å². The number of unbranched alkanes of at least 4 members (excludes halogenated alkanes) is 1. The van der Waals surface area contributed by atoms with Crippen molar-refractivity contribution in [3.8, 4) is 0 Å². The molecule has 0 saturated carbocycles. The fourth-order valence-electron chi connectivity index (χ4n) is 0.818. The van der Waals surface area contributed by atoms with Crippen molar-refractivity contribution in [3.05, 3.63) is 0 Å². The molecule has 0 radical (unpaired) electrons. The lowest BCUT2D eigenvalue weighted by molar-refractivity contribution is -0.144. The Bertz CT molecular complexity index is 121. The summed E-state index contributed by atoms with van der Waals surface area (Å²) in [6.07, 6.45) is 3.67. The van der Waals surface area contributed by atoms with Gasteiger partial charge < -0.3 is 4.74 Å². The third kappa shape index (κ3) is 6.20. The van der Waals surface area contributed by atoms with Crippen molar-refractivity contribution in [1.82, 2.24) is 0 Å². The standard InChI is InChI=1S/C10H20O2/c1-4-6-7-12-10(11)8-9(3)5-2/h9H,4-8H2,1-3H3. The van der Waals surface area contributed by atoms with E-state index in [4.69, 9.17) is 4.74 Å². The minimum Gasteiger partial charge on any atom is -0.466 e. The van der Waals surface area contributed by atoms with Gasteiger partial charge in [0.2, 0.25) is 0 Å². The van der Waals surface area contributed by atoms with Crippen LogP contribution in [0.4, 0.5) is 0 Å². The molecule has 0 aromatic carbocycles. The Labute approximate surface area is 75.3 Å². The van der Waals surface area contributed by atoms with Gasteiger partial charge in [-0.15, -0.1) is 0 Å². The Morgan fingerprint density at radius 2 is 2.08 bits per heavy atom. The zero-order chi connectivity index (χ0) is 9.40. The lowest BCUT2D eigenvalue weighted by Crippen LogP contribution is -2.09. The lowest BCUT2D eigenvalue weighted by Gasteiger charge is -2.07. The van der Waals surface area contributed by atoms with E-state index in [0.717, 1.165) is 19.3 Å². The van der Waals surface area contributed by atoms with Crippen LogP contribution in [0.3, 0.4) is 0 Å². The van der Waals surface area contributed by atoms with Gasteiger partial charge in [-0.1, -0.05) is 33.6 Å². The average Bonchev–Trinajstić information content (AvgIpc) is 2.05. The number of hydrogen-bond donors (Lipinski definition) is 0. The number of hydrogen-bond acceptors (Lipinski definition) is 2. The normalized spacial score (nSPS) is 12.6. The molecule has 12 heavy (non-hydrogen) atoms. The Morgan fingerprint density at radius 1 is 1.42 bits per heavy atom. The van der Waals surface area contributed by atoms with Gasteiger partial charge in [0, 0.05) is 6.42 Å². The number of rotatable bonds is 6. The fourth-order valence-corrected chi connectivity index (χ4v) is 0.818. The Hall–Kier alpha value is -0.530. The first-order valence-electron chi connectivity index (χ1n) is 4.86. The maximum atomic E-state index is 11.1. The highest BCUT2D eigenvalue weighted by Gasteiger charge is 2.07. The number of esters is 1. The summed E-state index contributed by atoms with van der Waals surface area (Å²) in [7, 11) is 0. The van der Waals surface area contributed by atoms with E-state index in [9.17, 15) is 4.79 Å². The Balaban J connectivity index is 3.33. The second-order valence-electron chi connectivity index (χ2n) is 3.29. The molecule has 0 bridgehead atoms. The van der Waals surface area contributed by atoms with Crippen molar-refractivity contribution in [3.63, 3.8) is 0 Å². The molecule has 1 unspecified atom stereocenters. The average molecular weight is 172 g/mol. The van der Waals surface area contributed by atoms with Crippen LogP contribution in [0.5, 0.6) is 0 Å². The van der Waals surface area contributed by atoms with Crippen LogP contribution in [0.15, 0.2) is 0 Å². The lowest BCUT2D eigenvalue weighted by atomic mass is 10.1. The summed E-state index contributed by atoms with van der Waals surface area (Å²) in [6.45, 7) is 6.83. The molecule has 0 amide bonds. The number of carbonyl (C=O) groups excluding carboxylic acids is 1. The smallest absolute Gasteiger partial charge is 0.306 e. The van der Waals surface area contributed by atoms with Crippen molar-refractivity contribution in [2.45, 2.75) is 46.5 Å². The van der Waals surface area contributed by atoms with Gasteiger partial charge in [0.05, 0.1) is 6.61 Å². The zero-order valence-electron chi connectivity index (χ0n) is 8.43. The molecule has 0 fully saturated rings. The predicted octanol–water partition coefficient (Wildman–Crippen LogP) is 2.77. The van der Waals surface area contributed by atoms with Crippen LogP contribution in [-0.4, -0.2) is 12.6 Å². The third-order valence-electron chi connectivity index (χ3n) is 1.97. The molecule has 0 N–H and O–H groups in total. The first-order chi connectivity index (χ1) is 5.70. The number of carbonyl (C=O) groups is 1. The van der Waals surface area contributed by atoms with Crippen molar-refractivity contribution in [2.75, 3.05) is 6.61 Å². The quantitative estimate of drug-likeness (QED) is 0.455. The van der Waals surface area contributed by atoms with E-state index in [2.05, 4.69) is 20.8 Å². The molecule has 0 rings (SSSR count). The molecule has 0 saturated heterocycles. The van der Waals surface area contributed by atoms with Gasteiger partial charge in [0.25, 0.3) is 0 Å². The molecule has 0 spiro atoms. The second kappa shape index (κ2) is 7.14. The van der Waals surface area contributed by atoms with Crippen molar-refractivity contribution in [2.24, 2.45) is 5.92 Å². The SMILES string of the molecule is CCCCOC(=O)CC(C)CC. The molecule has 0 aliphatic carbocycles. The van der Waals surface area contributed by atoms with Gasteiger partial charge in [-0.3, -0.25) is 4.79 Å². The molecule has 0 aliphatic rings. The summed E-state index contributed by atoms with van der Waals surface area (Å²) in [6, 6.07) is 0. The van der Waals surface area contributed by atoms with E-state index < -0.39 is 0 Å². The summed E-state index contributed by atoms with van der Waals surface area (Å²) in [4.78, 5) is 11.1. The third-order valence-corrected chi connectivity index (χ3v) is 1.97. The van der Waals surface area contributed by atoms with E-state index in [0.29, 0.717) is 18.9 Å². The maximum absolute atomic E-state index is 11.1. The largest absolute Gasteiger partial charge is 0.466 e. The van der Waals surface area contributed by atoms with Gasteiger partial charge in [-0.25, -0.2) is 0 Å². The molecular weight excluding hydrogens is 152 g/mol. The first kappa shape index (κ1) is 11.5. The van der Waals surface area contributed by atoms with Crippen LogP contribution in [-0.2, 0) is 9.53 Å². The van der Waals surface area contributed by atoms with E-state index >= 15 is 0 Å². The highest BCUT2D eigenvalue weighted by molar-refractivity contribution is 5.69. The summed E-state index contributed by atoms with van der Waals surface area (Å²) in [5.74, 6) is 0.414. The highest BCUT2D eigenvalue weighted by Crippen LogP contribution is 2.07. The molecule has 0 heterocycles. The van der Waals surface area contributed by atoms with Crippen LogP contribution in [0, 0.1) is 5.92 Å². The molecule has 0 aliphatic heterocycles. The monoisotopic (exact) mass is 172 g/mol. The Kier molecular flexibility index (Phi) is 6.82. The maximum Gasteiger partial charge on any atom is 0.306 e. The van der Waals surface area contributed by atoms with Crippen molar-refractivity contribution < 1.29 is 9.53 Å². The molecule has 0 aromatic heterocycles. The molecule has 2 heteroatoms. The van der Waals surface area contributed by atoms with Crippen LogP contribution in [0.1, 0.15) is 46.5 Å². The van der Waals surface area contributed by atoms with Crippen LogP contribution in [0.2, 0.25) is 0 Å².